The zero-order valence-electron chi connectivity index (χ0n) is 23.7. The molecule has 0 radical (unpaired) electrons. The number of hydrogen-bond donors (Lipinski definition) is 0. The molecule has 0 N–H and O–H groups in total. The van der Waals surface area contributed by atoms with E-state index in [1.54, 1.807) is 0 Å². The van der Waals surface area contributed by atoms with Gasteiger partial charge in [-0.1, -0.05) is 97.1 Å². The van der Waals surface area contributed by atoms with Gasteiger partial charge in [0.1, 0.15) is 22.3 Å². The molecule has 0 unspecified atom stereocenters. The summed E-state index contributed by atoms with van der Waals surface area (Å²) in [5.41, 5.74) is 8.50. The van der Waals surface area contributed by atoms with Gasteiger partial charge in [-0.3, -0.25) is 0 Å². The molecule has 0 saturated carbocycles. The fourth-order valence-corrected chi connectivity index (χ4v) is 7.22. The van der Waals surface area contributed by atoms with Crippen LogP contribution < -0.4 is 0 Å². The summed E-state index contributed by atoms with van der Waals surface area (Å²) in [6.07, 6.45) is 0. The Bertz CT molecular complexity index is 2580. The first kappa shape index (κ1) is 23.7. The van der Waals surface area contributed by atoms with Gasteiger partial charge in [-0.25, -0.2) is 0 Å². The van der Waals surface area contributed by atoms with Crippen LogP contribution in [0.3, 0.4) is 0 Å². The van der Waals surface area contributed by atoms with E-state index >= 15 is 0 Å². The maximum atomic E-state index is 6.15. The lowest BCUT2D eigenvalue weighted by molar-refractivity contribution is 0.668. The van der Waals surface area contributed by atoms with Gasteiger partial charge in [0.15, 0.2) is 0 Å². The number of benzene rings is 8. The predicted octanol–water partition coefficient (Wildman–Crippen LogP) is 12.3. The maximum absolute atomic E-state index is 6.15. The van der Waals surface area contributed by atoms with E-state index in [-0.39, 0.29) is 0 Å². The van der Waals surface area contributed by atoms with Crippen LogP contribution in [0.25, 0.3) is 98.4 Å². The van der Waals surface area contributed by atoms with E-state index in [2.05, 4.69) is 121 Å². The van der Waals surface area contributed by atoms with Gasteiger partial charge in [0.05, 0.1) is 0 Å². The lowest BCUT2D eigenvalue weighted by Gasteiger charge is -2.16. The smallest absolute Gasteiger partial charge is 0.135 e. The second kappa shape index (κ2) is 8.82. The van der Waals surface area contributed by atoms with E-state index in [0.717, 1.165) is 43.9 Å². The van der Waals surface area contributed by atoms with Crippen LogP contribution in [0, 0.1) is 0 Å². The quantitative estimate of drug-likeness (QED) is 0.197. The van der Waals surface area contributed by atoms with Crippen molar-refractivity contribution in [3.05, 3.63) is 146 Å². The summed E-state index contributed by atoms with van der Waals surface area (Å²) in [7, 11) is 0. The van der Waals surface area contributed by atoms with E-state index in [1.807, 2.05) is 24.3 Å². The van der Waals surface area contributed by atoms with Crippen molar-refractivity contribution in [1.82, 2.24) is 0 Å². The van der Waals surface area contributed by atoms with Crippen LogP contribution in [0.4, 0.5) is 0 Å². The van der Waals surface area contributed by atoms with Crippen LogP contribution in [-0.4, -0.2) is 0 Å². The average molecular weight is 561 g/mol. The molecule has 0 atom stereocenters. The van der Waals surface area contributed by atoms with Crippen LogP contribution in [0.15, 0.2) is 154 Å². The van der Waals surface area contributed by atoms with Crippen LogP contribution in [0.1, 0.15) is 0 Å². The highest BCUT2D eigenvalue weighted by molar-refractivity contribution is 6.24. The Labute approximate surface area is 252 Å². The van der Waals surface area contributed by atoms with Gasteiger partial charge in [0.2, 0.25) is 0 Å². The Hall–Kier alpha value is -5.86. The topological polar surface area (TPSA) is 26.3 Å². The fourth-order valence-electron chi connectivity index (χ4n) is 7.22. The molecular weight excluding hydrogens is 536 g/mol. The first-order valence-corrected chi connectivity index (χ1v) is 15.0. The lowest BCUT2D eigenvalue weighted by atomic mass is 9.87. The second-order valence-corrected chi connectivity index (χ2v) is 11.7. The van der Waals surface area contributed by atoms with Gasteiger partial charge in [-0.2, -0.15) is 0 Å². The molecule has 44 heavy (non-hydrogen) atoms. The van der Waals surface area contributed by atoms with E-state index in [0.29, 0.717) is 0 Å². The molecule has 0 aliphatic heterocycles. The van der Waals surface area contributed by atoms with Crippen molar-refractivity contribution in [2.24, 2.45) is 0 Å². The lowest BCUT2D eigenvalue weighted by Crippen LogP contribution is -1.89. The van der Waals surface area contributed by atoms with Gasteiger partial charge in [-0.05, 0) is 103 Å². The average Bonchev–Trinajstić information content (AvgIpc) is 3.65. The Kier molecular flexibility index (Phi) is 4.75. The second-order valence-electron chi connectivity index (χ2n) is 11.7. The zero-order chi connectivity index (χ0) is 28.8. The molecule has 0 spiro atoms. The van der Waals surface area contributed by atoms with Crippen LogP contribution >= 0.6 is 0 Å². The third-order valence-electron chi connectivity index (χ3n) is 9.26. The Morgan fingerprint density at radius 2 is 0.614 bits per heavy atom. The molecule has 0 aliphatic carbocycles. The summed E-state index contributed by atoms with van der Waals surface area (Å²) in [6.45, 7) is 0. The highest BCUT2D eigenvalue weighted by atomic mass is 16.3. The first-order valence-electron chi connectivity index (χ1n) is 15.0. The van der Waals surface area contributed by atoms with Crippen molar-refractivity contribution < 1.29 is 8.83 Å². The number of furan rings is 2. The van der Waals surface area contributed by atoms with E-state index in [1.165, 1.54) is 54.6 Å². The van der Waals surface area contributed by atoms with Crippen LogP contribution in [-0.2, 0) is 0 Å². The predicted molar refractivity (Wildman–Crippen MR) is 184 cm³/mol. The molecule has 204 valence electrons. The van der Waals surface area contributed by atoms with Crippen molar-refractivity contribution >= 4 is 76.2 Å². The van der Waals surface area contributed by atoms with E-state index in [9.17, 15) is 0 Å². The van der Waals surface area contributed by atoms with Crippen molar-refractivity contribution in [3.8, 4) is 22.3 Å². The van der Waals surface area contributed by atoms with Crippen molar-refractivity contribution in [2.75, 3.05) is 0 Å². The Balaban J connectivity index is 1.27. The molecule has 0 amide bonds. The molecule has 10 aromatic rings. The molecule has 2 heteroatoms. The van der Waals surface area contributed by atoms with E-state index < -0.39 is 0 Å². The third kappa shape index (κ3) is 3.31. The molecule has 2 aromatic heterocycles. The minimum atomic E-state index is 0.914. The Morgan fingerprint density at radius 1 is 0.250 bits per heavy atom. The van der Waals surface area contributed by atoms with Crippen molar-refractivity contribution in [1.29, 1.82) is 0 Å². The molecule has 2 heterocycles. The fraction of sp³-hybridized carbons (Fsp3) is 0. The number of rotatable bonds is 2. The van der Waals surface area contributed by atoms with Gasteiger partial charge in [-0.15, -0.1) is 0 Å². The van der Waals surface area contributed by atoms with Gasteiger partial charge in [0, 0.05) is 21.5 Å². The van der Waals surface area contributed by atoms with Gasteiger partial charge >= 0.3 is 0 Å². The standard InChI is InChI=1S/C42H24O2/c1-3-11-29-27(9-1)33(25-17-19-41-37(21-25)31-13-5-7-15-39(31)43-41)23-36-30-12-4-2-10-28(30)34(24-35(29)36)26-18-20-42-38(22-26)32-14-6-8-16-40(32)44-42/h1-24H. The van der Waals surface area contributed by atoms with Crippen LogP contribution in [0.5, 0.6) is 0 Å². The van der Waals surface area contributed by atoms with Crippen LogP contribution in [0.2, 0.25) is 0 Å². The Morgan fingerprint density at radius 3 is 1.07 bits per heavy atom. The SMILES string of the molecule is c1ccc2c(c1)oc1ccc(-c3cc4c5ccccc5c(-c5ccc6oc7ccccc7c6c5)cc4c4ccccc34)cc12. The molecule has 0 fully saturated rings. The van der Waals surface area contributed by atoms with E-state index in [4.69, 9.17) is 8.83 Å². The largest absolute Gasteiger partial charge is 0.456 e. The van der Waals surface area contributed by atoms with Gasteiger partial charge < -0.3 is 8.83 Å². The summed E-state index contributed by atoms with van der Waals surface area (Å²) >= 11 is 0. The molecule has 0 saturated heterocycles. The zero-order valence-corrected chi connectivity index (χ0v) is 23.7. The van der Waals surface area contributed by atoms with Crippen molar-refractivity contribution in [2.45, 2.75) is 0 Å². The van der Waals surface area contributed by atoms with Gasteiger partial charge in [0.25, 0.3) is 0 Å². The number of fused-ring (bicyclic) bond motifs is 11. The summed E-state index contributed by atoms with van der Waals surface area (Å²) < 4.78 is 12.3. The molecule has 0 aliphatic rings. The molecule has 2 nitrogen and oxygen atoms in total. The van der Waals surface area contributed by atoms with Crippen molar-refractivity contribution in [3.63, 3.8) is 0 Å². The minimum Gasteiger partial charge on any atom is -0.456 e. The summed E-state index contributed by atoms with van der Waals surface area (Å²) in [5, 5.41) is 12.1. The highest BCUT2D eigenvalue weighted by Crippen LogP contribution is 2.43. The maximum Gasteiger partial charge on any atom is 0.135 e. The highest BCUT2D eigenvalue weighted by Gasteiger charge is 2.17. The molecule has 10 rings (SSSR count). The minimum absolute atomic E-state index is 0.914. The summed E-state index contributed by atoms with van der Waals surface area (Å²) in [4.78, 5) is 0. The normalized spacial score (nSPS) is 12.1. The first-order chi connectivity index (χ1) is 21.8. The summed E-state index contributed by atoms with van der Waals surface area (Å²) in [6, 6.07) is 52.1. The monoisotopic (exact) mass is 560 g/mol. The molecule has 8 aromatic carbocycles. The summed E-state index contributed by atoms with van der Waals surface area (Å²) in [5.74, 6) is 0. The number of para-hydroxylation sites is 2. The molecular formula is C42H24O2. The number of hydrogen-bond acceptors (Lipinski definition) is 2. The third-order valence-corrected chi connectivity index (χ3v) is 9.26. The molecule has 0 bridgehead atoms.